The van der Waals surface area contributed by atoms with Gasteiger partial charge in [0.1, 0.15) is 0 Å². The minimum absolute atomic E-state index is 0.0314. The summed E-state index contributed by atoms with van der Waals surface area (Å²) in [6.45, 7) is 3.85. The van der Waals surface area contributed by atoms with Crippen LogP contribution in [0.15, 0.2) is 64.8 Å². The normalized spacial score (nSPS) is 17.3. The molecule has 31 heavy (non-hydrogen) atoms. The lowest BCUT2D eigenvalue weighted by atomic mass is 10.1. The van der Waals surface area contributed by atoms with E-state index >= 15 is 0 Å². The lowest BCUT2D eigenvalue weighted by Gasteiger charge is -2.32. The van der Waals surface area contributed by atoms with Crippen LogP contribution in [0.3, 0.4) is 0 Å². The molecule has 7 nitrogen and oxygen atoms in total. The maximum absolute atomic E-state index is 6.32. The maximum atomic E-state index is 6.32. The Bertz CT molecular complexity index is 1040. The summed E-state index contributed by atoms with van der Waals surface area (Å²) in [6, 6.07) is 17.2. The first-order valence-electron chi connectivity index (χ1n) is 9.98. The van der Waals surface area contributed by atoms with E-state index in [2.05, 4.69) is 25.1 Å². The topological polar surface area (TPSA) is 89.0 Å². The van der Waals surface area contributed by atoms with E-state index in [9.17, 15) is 0 Å². The van der Waals surface area contributed by atoms with E-state index in [1.807, 2.05) is 54.6 Å². The zero-order valence-corrected chi connectivity index (χ0v) is 18.3. The Hall–Kier alpha value is -2.42. The van der Waals surface area contributed by atoms with Crippen molar-refractivity contribution in [3.63, 3.8) is 0 Å². The second-order valence-corrected chi connectivity index (χ2v) is 7.80. The van der Waals surface area contributed by atoms with E-state index in [4.69, 9.17) is 33.7 Å². The Labute approximate surface area is 190 Å². The highest BCUT2D eigenvalue weighted by molar-refractivity contribution is 6.37. The number of rotatable bonds is 6. The lowest BCUT2D eigenvalue weighted by Crippen LogP contribution is -2.40. The van der Waals surface area contributed by atoms with Crippen LogP contribution in [0.2, 0.25) is 10.3 Å². The zero-order chi connectivity index (χ0) is 21.6. The molecule has 160 valence electrons. The molecule has 1 unspecified atom stereocenters. The average Bonchev–Trinajstić information content (AvgIpc) is 2.80. The van der Waals surface area contributed by atoms with Crippen LogP contribution in [-0.2, 0) is 4.74 Å². The van der Waals surface area contributed by atoms with Gasteiger partial charge in [-0.1, -0.05) is 65.7 Å². The molecule has 9 heteroatoms. The van der Waals surface area contributed by atoms with Gasteiger partial charge in [0.15, 0.2) is 21.8 Å². The molecule has 1 saturated heterocycles. The van der Waals surface area contributed by atoms with E-state index < -0.39 is 0 Å². The van der Waals surface area contributed by atoms with Gasteiger partial charge in [0.25, 0.3) is 0 Å². The van der Waals surface area contributed by atoms with E-state index in [-0.39, 0.29) is 22.1 Å². The fourth-order valence-corrected chi connectivity index (χ4v) is 3.85. The van der Waals surface area contributed by atoms with Crippen LogP contribution >= 0.6 is 23.2 Å². The van der Waals surface area contributed by atoms with Crippen LogP contribution in [0.5, 0.6) is 0 Å². The summed E-state index contributed by atoms with van der Waals surface area (Å²) in [5.41, 5.74) is 8.44. The first kappa shape index (κ1) is 21.8. The largest absolute Gasteiger partial charge is 0.371 e. The molecule has 0 radical (unpaired) electrons. The molecule has 0 saturated carbocycles. The van der Waals surface area contributed by atoms with Crippen LogP contribution in [0.4, 0.5) is 11.4 Å². The second kappa shape index (κ2) is 10.3. The van der Waals surface area contributed by atoms with Gasteiger partial charge in [-0.25, -0.2) is 9.97 Å². The molecule has 1 aliphatic rings. The molecule has 1 atom stereocenters. The molecule has 0 bridgehead atoms. The van der Waals surface area contributed by atoms with Gasteiger partial charge in [-0.2, -0.15) is 5.11 Å². The highest BCUT2D eigenvalue weighted by atomic mass is 35.5. The molecule has 2 heterocycles. The number of benzene rings is 2. The van der Waals surface area contributed by atoms with Gasteiger partial charge in [0.2, 0.25) is 0 Å². The van der Waals surface area contributed by atoms with Gasteiger partial charge in [-0.15, -0.1) is 5.11 Å². The molecule has 0 spiro atoms. The number of halogens is 2. The second-order valence-electron chi connectivity index (χ2n) is 7.09. The third kappa shape index (κ3) is 5.44. The van der Waals surface area contributed by atoms with E-state index in [1.54, 1.807) is 0 Å². The number of nitrogens with two attached hydrogens (primary N) is 1. The Kier molecular flexibility index (Phi) is 7.21. The third-order valence-corrected chi connectivity index (χ3v) is 5.46. The summed E-state index contributed by atoms with van der Waals surface area (Å²) >= 11 is 12.6. The van der Waals surface area contributed by atoms with Gasteiger partial charge in [-0.05, 0) is 17.7 Å². The minimum Gasteiger partial charge on any atom is -0.371 e. The van der Waals surface area contributed by atoms with Crippen molar-refractivity contribution in [3.8, 4) is 11.4 Å². The number of aromatic nitrogens is 2. The summed E-state index contributed by atoms with van der Waals surface area (Å²) in [4.78, 5) is 10.9. The number of morpholine rings is 1. The summed E-state index contributed by atoms with van der Waals surface area (Å²) in [7, 11) is 0. The highest BCUT2D eigenvalue weighted by Crippen LogP contribution is 2.34. The van der Waals surface area contributed by atoms with Crippen LogP contribution in [0.25, 0.3) is 11.4 Å². The van der Waals surface area contributed by atoms with Crippen molar-refractivity contribution in [2.75, 3.05) is 32.8 Å². The Balaban J connectivity index is 1.53. The zero-order valence-electron chi connectivity index (χ0n) is 16.8. The van der Waals surface area contributed by atoms with Crippen LogP contribution < -0.4 is 5.73 Å². The van der Waals surface area contributed by atoms with E-state index in [1.165, 1.54) is 0 Å². The molecule has 0 aliphatic carbocycles. The predicted octanol–water partition coefficient (Wildman–Crippen LogP) is 5.20. The summed E-state index contributed by atoms with van der Waals surface area (Å²) in [5.74, 6) is 0.438. The molecule has 3 aromatic rings. The quantitative estimate of drug-likeness (QED) is 0.406. The summed E-state index contributed by atoms with van der Waals surface area (Å²) in [5, 5.41) is 8.80. The SMILES string of the molecule is NCCN1CCOC(c2cccc(N=Nc3c(Cl)nc(-c4ccccc4)nc3Cl)c2)C1. The van der Waals surface area contributed by atoms with Crippen molar-refractivity contribution in [2.45, 2.75) is 6.10 Å². The Morgan fingerprint density at radius 2 is 1.81 bits per heavy atom. The molecule has 0 amide bonds. The van der Waals surface area contributed by atoms with Crippen molar-refractivity contribution < 1.29 is 4.74 Å². The molecular weight excluding hydrogens is 435 g/mol. The van der Waals surface area contributed by atoms with E-state index in [0.717, 1.165) is 30.8 Å². The number of hydrogen-bond acceptors (Lipinski definition) is 7. The molecule has 4 rings (SSSR count). The first-order chi connectivity index (χ1) is 15.1. The van der Waals surface area contributed by atoms with Crippen LogP contribution in [0.1, 0.15) is 11.7 Å². The number of hydrogen-bond donors (Lipinski definition) is 1. The van der Waals surface area contributed by atoms with Gasteiger partial charge < -0.3 is 10.5 Å². The Morgan fingerprint density at radius 3 is 2.55 bits per heavy atom. The van der Waals surface area contributed by atoms with Crippen molar-refractivity contribution in [1.82, 2.24) is 14.9 Å². The van der Waals surface area contributed by atoms with Crippen molar-refractivity contribution in [3.05, 3.63) is 70.5 Å². The number of ether oxygens (including phenoxy) is 1. The van der Waals surface area contributed by atoms with Crippen molar-refractivity contribution >= 4 is 34.6 Å². The third-order valence-electron chi connectivity index (χ3n) is 4.93. The summed E-state index contributed by atoms with van der Waals surface area (Å²) in [6.07, 6.45) is -0.0314. The fourth-order valence-electron chi connectivity index (χ4n) is 3.39. The Morgan fingerprint density at radius 1 is 1.03 bits per heavy atom. The first-order valence-corrected chi connectivity index (χ1v) is 10.7. The van der Waals surface area contributed by atoms with E-state index in [0.29, 0.717) is 24.7 Å². The van der Waals surface area contributed by atoms with Crippen LogP contribution in [-0.4, -0.2) is 47.7 Å². The smallest absolute Gasteiger partial charge is 0.162 e. The molecule has 2 N–H and O–H groups in total. The average molecular weight is 457 g/mol. The molecule has 1 aromatic heterocycles. The molecular formula is C22H22Cl2N6O. The maximum Gasteiger partial charge on any atom is 0.162 e. The van der Waals surface area contributed by atoms with Gasteiger partial charge in [-0.3, -0.25) is 4.90 Å². The predicted molar refractivity (Wildman–Crippen MR) is 122 cm³/mol. The van der Waals surface area contributed by atoms with Crippen LogP contribution in [0, 0.1) is 0 Å². The lowest BCUT2D eigenvalue weighted by molar-refractivity contribution is -0.0288. The molecule has 1 fully saturated rings. The van der Waals surface area contributed by atoms with Crippen molar-refractivity contribution in [1.29, 1.82) is 0 Å². The van der Waals surface area contributed by atoms with Gasteiger partial charge in [0.05, 0.1) is 18.4 Å². The van der Waals surface area contributed by atoms with Crippen molar-refractivity contribution in [2.24, 2.45) is 16.0 Å². The van der Waals surface area contributed by atoms with Gasteiger partial charge in [0, 0.05) is 31.7 Å². The summed E-state index contributed by atoms with van der Waals surface area (Å²) < 4.78 is 5.93. The van der Waals surface area contributed by atoms with Gasteiger partial charge >= 0.3 is 0 Å². The number of azo groups is 1. The fraction of sp³-hybridized carbons (Fsp3) is 0.273. The highest BCUT2D eigenvalue weighted by Gasteiger charge is 2.21. The molecule has 2 aromatic carbocycles. The molecule has 1 aliphatic heterocycles. The minimum atomic E-state index is -0.0314. The monoisotopic (exact) mass is 456 g/mol. The standard InChI is InChI=1S/C22H22Cl2N6O/c23-20-19(21(24)27-22(26-20)15-5-2-1-3-6-15)29-28-17-8-4-7-16(13-17)18-14-30(10-9-25)11-12-31-18/h1-8,13,18H,9-12,14,25H2. The number of nitrogens with zero attached hydrogens (tertiary/aromatic N) is 5.